The highest BCUT2D eigenvalue weighted by Crippen LogP contribution is 2.29. The van der Waals surface area contributed by atoms with Gasteiger partial charge in [-0.1, -0.05) is 46.9 Å². The fraction of sp³-hybridized carbons (Fsp3) is 0. The topological polar surface area (TPSA) is 54.3 Å². The molecule has 0 spiro atoms. The minimum atomic E-state index is -0.409. The SMILES string of the molecule is O=C(/C=C/c1ccc(-c2cc(Cl)cc(Cl)c2)o1)NC(=S)Nc1ccccc1Cl. The van der Waals surface area contributed by atoms with Gasteiger partial charge in [-0.2, -0.15) is 0 Å². The number of thiocarbonyl (C=S) groups is 1. The molecule has 0 fully saturated rings. The summed E-state index contributed by atoms with van der Waals surface area (Å²) in [7, 11) is 0. The molecule has 0 aliphatic heterocycles. The number of amides is 1. The molecular formula is C20H13Cl3N2O2S. The number of carbonyl (C=O) groups is 1. The summed E-state index contributed by atoms with van der Waals surface area (Å²) in [6.07, 6.45) is 2.84. The molecule has 0 atom stereocenters. The highest BCUT2D eigenvalue weighted by atomic mass is 35.5. The second kappa shape index (κ2) is 9.26. The first-order valence-corrected chi connectivity index (χ1v) is 9.56. The molecule has 28 heavy (non-hydrogen) atoms. The summed E-state index contributed by atoms with van der Waals surface area (Å²) in [5.74, 6) is 0.667. The number of hydrogen-bond donors (Lipinski definition) is 2. The third-order valence-electron chi connectivity index (χ3n) is 3.53. The Kier molecular flexibility index (Phi) is 6.75. The van der Waals surface area contributed by atoms with Gasteiger partial charge < -0.3 is 9.73 Å². The number of para-hydroxylation sites is 1. The van der Waals surface area contributed by atoms with Gasteiger partial charge in [-0.15, -0.1) is 0 Å². The van der Waals surface area contributed by atoms with Crippen LogP contribution in [-0.4, -0.2) is 11.0 Å². The second-order valence-electron chi connectivity index (χ2n) is 5.62. The van der Waals surface area contributed by atoms with Crippen LogP contribution in [0.5, 0.6) is 0 Å². The summed E-state index contributed by atoms with van der Waals surface area (Å²) in [6, 6.07) is 15.7. The lowest BCUT2D eigenvalue weighted by atomic mass is 10.2. The van der Waals surface area contributed by atoms with Crippen molar-refractivity contribution in [3.05, 3.63) is 81.5 Å². The standard InChI is InChI=1S/C20H13Cl3N2O2S/c21-13-9-12(10-14(22)11-13)18-7-5-15(27-18)6-8-19(26)25-20(28)24-17-4-2-1-3-16(17)23/h1-11H,(H2,24,25,26,28)/b8-6+. The summed E-state index contributed by atoms with van der Waals surface area (Å²) in [5.41, 5.74) is 1.35. The zero-order valence-corrected chi connectivity index (χ0v) is 17.3. The molecular weight excluding hydrogens is 439 g/mol. The van der Waals surface area contributed by atoms with Crippen LogP contribution in [-0.2, 0) is 4.79 Å². The summed E-state index contributed by atoms with van der Waals surface area (Å²) in [5, 5.41) is 7.05. The molecule has 0 radical (unpaired) electrons. The average Bonchev–Trinajstić information content (AvgIpc) is 3.10. The summed E-state index contributed by atoms with van der Waals surface area (Å²) in [6.45, 7) is 0. The summed E-state index contributed by atoms with van der Waals surface area (Å²) >= 11 is 23.2. The molecule has 142 valence electrons. The van der Waals surface area contributed by atoms with Crippen LogP contribution < -0.4 is 10.6 Å². The van der Waals surface area contributed by atoms with Crippen molar-refractivity contribution in [3.63, 3.8) is 0 Å². The van der Waals surface area contributed by atoms with Gasteiger partial charge in [0.2, 0.25) is 5.91 Å². The van der Waals surface area contributed by atoms with E-state index in [9.17, 15) is 4.79 Å². The van der Waals surface area contributed by atoms with E-state index >= 15 is 0 Å². The maximum atomic E-state index is 12.0. The normalized spacial score (nSPS) is 10.8. The quantitative estimate of drug-likeness (QED) is 0.354. The Bertz CT molecular complexity index is 1040. The monoisotopic (exact) mass is 450 g/mol. The van der Waals surface area contributed by atoms with E-state index in [1.54, 1.807) is 54.6 Å². The molecule has 0 unspecified atom stereocenters. The minimum absolute atomic E-state index is 0.136. The smallest absolute Gasteiger partial charge is 0.250 e. The van der Waals surface area contributed by atoms with Crippen molar-refractivity contribution in [2.45, 2.75) is 0 Å². The molecule has 8 heteroatoms. The van der Waals surface area contributed by atoms with Crippen molar-refractivity contribution in [2.24, 2.45) is 0 Å². The Morgan fingerprint density at radius 2 is 1.71 bits per heavy atom. The van der Waals surface area contributed by atoms with Crippen LogP contribution in [0.3, 0.4) is 0 Å². The van der Waals surface area contributed by atoms with Crippen molar-refractivity contribution in [2.75, 3.05) is 5.32 Å². The highest BCUT2D eigenvalue weighted by Gasteiger charge is 2.07. The number of nitrogens with one attached hydrogen (secondary N) is 2. The summed E-state index contributed by atoms with van der Waals surface area (Å²) in [4.78, 5) is 12.0. The van der Waals surface area contributed by atoms with Crippen LogP contribution in [0.4, 0.5) is 5.69 Å². The van der Waals surface area contributed by atoms with Gasteiger partial charge in [0.15, 0.2) is 5.11 Å². The first kappa shape index (κ1) is 20.4. The molecule has 0 aliphatic rings. The molecule has 1 amide bonds. The molecule has 0 bridgehead atoms. The van der Waals surface area contributed by atoms with E-state index in [2.05, 4.69) is 10.6 Å². The maximum absolute atomic E-state index is 12.0. The minimum Gasteiger partial charge on any atom is -0.457 e. The molecule has 0 saturated carbocycles. The van der Waals surface area contributed by atoms with Crippen molar-refractivity contribution in [1.29, 1.82) is 0 Å². The molecule has 3 aromatic rings. The Hall–Kier alpha value is -2.31. The van der Waals surface area contributed by atoms with Crippen molar-refractivity contribution >= 4 is 69.8 Å². The lowest BCUT2D eigenvalue weighted by molar-refractivity contribution is -0.115. The average molecular weight is 452 g/mol. The molecule has 3 rings (SSSR count). The maximum Gasteiger partial charge on any atom is 0.250 e. The molecule has 1 heterocycles. The third kappa shape index (κ3) is 5.59. The summed E-state index contributed by atoms with van der Waals surface area (Å²) < 4.78 is 5.70. The molecule has 2 aromatic carbocycles. The van der Waals surface area contributed by atoms with E-state index in [1.807, 2.05) is 0 Å². The number of halogens is 3. The van der Waals surface area contributed by atoms with Gasteiger partial charge in [-0.25, -0.2) is 0 Å². The lowest BCUT2D eigenvalue weighted by Gasteiger charge is -2.09. The number of hydrogen-bond acceptors (Lipinski definition) is 3. The van der Waals surface area contributed by atoms with Crippen molar-refractivity contribution < 1.29 is 9.21 Å². The molecule has 0 aliphatic carbocycles. The van der Waals surface area contributed by atoms with Crippen LogP contribution in [0.15, 0.2) is 65.1 Å². The Morgan fingerprint density at radius 1 is 1.00 bits per heavy atom. The molecule has 4 nitrogen and oxygen atoms in total. The van der Waals surface area contributed by atoms with Gasteiger partial charge in [-0.3, -0.25) is 10.1 Å². The zero-order valence-electron chi connectivity index (χ0n) is 14.2. The predicted molar refractivity (Wildman–Crippen MR) is 119 cm³/mol. The number of furan rings is 1. The number of carbonyl (C=O) groups excluding carboxylic acids is 1. The van der Waals surface area contributed by atoms with E-state index in [-0.39, 0.29) is 5.11 Å². The van der Waals surface area contributed by atoms with Gasteiger partial charge in [0.05, 0.1) is 10.7 Å². The van der Waals surface area contributed by atoms with Crippen LogP contribution >= 0.6 is 47.0 Å². The van der Waals surface area contributed by atoms with Crippen molar-refractivity contribution in [1.82, 2.24) is 5.32 Å². The van der Waals surface area contributed by atoms with Crippen LogP contribution in [0.2, 0.25) is 15.1 Å². The number of benzene rings is 2. The van der Waals surface area contributed by atoms with Crippen LogP contribution in [0.25, 0.3) is 17.4 Å². The Labute approximate surface area is 182 Å². The predicted octanol–water partition coefficient (Wildman–Crippen LogP) is 6.43. The Morgan fingerprint density at radius 3 is 2.43 bits per heavy atom. The number of rotatable bonds is 4. The van der Waals surface area contributed by atoms with Crippen molar-refractivity contribution in [3.8, 4) is 11.3 Å². The Balaban J connectivity index is 1.61. The third-order valence-corrected chi connectivity index (χ3v) is 4.50. The van der Waals surface area contributed by atoms with E-state index in [0.717, 1.165) is 5.56 Å². The van der Waals surface area contributed by atoms with E-state index in [4.69, 9.17) is 51.4 Å². The lowest BCUT2D eigenvalue weighted by Crippen LogP contribution is -2.32. The first-order chi connectivity index (χ1) is 13.4. The van der Waals surface area contributed by atoms with Gasteiger partial charge in [0, 0.05) is 21.7 Å². The number of anilines is 1. The van der Waals surface area contributed by atoms with Gasteiger partial charge in [-0.05, 0) is 60.8 Å². The molecule has 1 aromatic heterocycles. The fourth-order valence-corrected chi connectivity index (χ4v) is 3.24. The fourth-order valence-electron chi connectivity index (χ4n) is 2.32. The van der Waals surface area contributed by atoms with E-state index in [1.165, 1.54) is 12.2 Å². The molecule has 0 saturated heterocycles. The molecule has 2 N–H and O–H groups in total. The largest absolute Gasteiger partial charge is 0.457 e. The van der Waals surface area contributed by atoms with Crippen LogP contribution in [0.1, 0.15) is 5.76 Å². The highest BCUT2D eigenvalue weighted by molar-refractivity contribution is 7.80. The van der Waals surface area contributed by atoms with E-state index in [0.29, 0.717) is 32.3 Å². The van der Waals surface area contributed by atoms with Gasteiger partial charge >= 0.3 is 0 Å². The first-order valence-electron chi connectivity index (χ1n) is 8.01. The van der Waals surface area contributed by atoms with Gasteiger partial charge in [0.1, 0.15) is 11.5 Å². The van der Waals surface area contributed by atoms with Crippen LogP contribution in [0, 0.1) is 0 Å². The second-order valence-corrected chi connectivity index (χ2v) is 7.31. The van der Waals surface area contributed by atoms with E-state index < -0.39 is 5.91 Å². The van der Waals surface area contributed by atoms with Gasteiger partial charge in [0.25, 0.3) is 0 Å². The zero-order chi connectivity index (χ0) is 20.1.